The number of aliphatic hydroxyl groups is 11. The molecule has 4 saturated heterocycles. The van der Waals surface area contributed by atoms with E-state index in [9.17, 15) is 61.0 Å². The lowest BCUT2D eigenvalue weighted by Gasteiger charge is -2.49. The summed E-state index contributed by atoms with van der Waals surface area (Å²) in [7, 11) is 0. The summed E-state index contributed by atoms with van der Waals surface area (Å²) < 4.78 is 45.4. The van der Waals surface area contributed by atoms with Crippen LogP contribution in [0.15, 0.2) is 5.11 Å². The molecule has 25 nitrogen and oxygen atoms in total. The first kappa shape index (κ1) is 46.7. The Morgan fingerprint density at radius 1 is 0.643 bits per heavy atom. The molecule has 0 aromatic carbocycles. The van der Waals surface area contributed by atoms with Crippen LogP contribution in [0, 0.1) is 0 Å². The molecule has 4 rings (SSSR count). The van der Waals surface area contributed by atoms with Crippen molar-refractivity contribution in [3.63, 3.8) is 0 Å². The molecule has 25 heteroatoms. The summed E-state index contributed by atoms with van der Waals surface area (Å²) in [6, 6.07) is -1.50. The quantitative estimate of drug-likeness (QED) is 0.0264. The minimum atomic E-state index is -2.03. The van der Waals surface area contributed by atoms with Gasteiger partial charge in [-0.3, -0.25) is 4.79 Å². The molecule has 20 atom stereocenters. The average molecular weight is 818 g/mol. The second kappa shape index (κ2) is 21.8. The standard InChI is InChI=1S/C31H55N5O20/c1-11(40)35-16-19(43)17(41)13(8-37)51-28(16)56-27-18(42)14(9-38)52-31(24(27)48)55-26-15(10-39)53-30(23(47)21(26)45)54-25-12(7-34-36-33)50-29(22(46)20(25)44)49-6-4-2-3-5-32/h12-31,37-39,41-48H,2-10,32H2,1H3,(H,35,40)/t12?,13?,14?,15?,16?,17-,18-,19+,20+,21+,22?,23?,24?,25+,26-,27-,28-,29+,30-,31+/m0/s1. The molecule has 0 bridgehead atoms. The summed E-state index contributed by atoms with van der Waals surface area (Å²) in [5.41, 5.74) is 14.4. The summed E-state index contributed by atoms with van der Waals surface area (Å²) >= 11 is 0. The van der Waals surface area contributed by atoms with Crippen LogP contribution in [-0.2, 0) is 42.7 Å². The van der Waals surface area contributed by atoms with E-state index in [0.717, 1.165) is 19.8 Å². The number of carbonyl (C=O) groups excluding carboxylic acids is 1. The molecule has 4 heterocycles. The summed E-state index contributed by atoms with van der Waals surface area (Å²) in [5, 5.41) is 123. The Bertz CT molecular complexity index is 1260. The normalized spacial score (nSPS) is 44.5. The molecule has 0 saturated carbocycles. The van der Waals surface area contributed by atoms with Crippen LogP contribution in [0.1, 0.15) is 26.2 Å². The minimum Gasteiger partial charge on any atom is -0.394 e. The molecule has 4 aliphatic rings. The summed E-state index contributed by atoms with van der Waals surface area (Å²) in [6.45, 7) is -1.35. The van der Waals surface area contributed by atoms with Gasteiger partial charge in [-0.05, 0) is 31.3 Å². The first-order valence-corrected chi connectivity index (χ1v) is 18.2. The van der Waals surface area contributed by atoms with Gasteiger partial charge in [-0.25, -0.2) is 0 Å². The molecule has 0 aromatic rings. The van der Waals surface area contributed by atoms with Crippen LogP contribution in [0.25, 0.3) is 10.4 Å². The van der Waals surface area contributed by atoms with Crippen molar-refractivity contribution in [3.8, 4) is 0 Å². The fourth-order valence-corrected chi connectivity index (χ4v) is 6.81. The molecule has 14 N–H and O–H groups in total. The molecule has 4 fully saturated rings. The van der Waals surface area contributed by atoms with Crippen LogP contribution in [0.3, 0.4) is 0 Å². The maximum absolute atomic E-state index is 11.9. The highest BCUT2D eigenvalue weighted by atomic mass is 16.8. The molecule has 56 heavy (non-hydrogen) atoms. The Morgan fingerprint density at radius 3 is 1.75 bits per heavy atom. The lowest BCUT2D eigenvalue weighted by Crippen LogP contribution is -2.69. The number of rotatable bonds is 18. The zero-order chi connectivity index (χ0) is 41.3. The summed E-state index contributed by atoms with van der Waals surface area (Å²) in [6.07, 6.45) is -30.6. The molecule has 8 unspecified atom stereocenters. The Kier molecular flexibility index (Phi) is 18.2. The van der Waals surface area contributed by atoms with Gasteiger partial charge in [0.2, 0.25) is 5.91 Å². The van der Waals surface area contributed by atoms with Gasteiger partial charge in [-0.15, -0.1) is 0 Å². The van der Waals surface area contributed by atoms with Crippen LogP contribution >= 0.6 is 0 Å². The third-order valence-electron chi connectivity index (χ3n) is 9.86. The fourth-order valence-electron chi connectivity index (χ4n) is 6.81. The monoisotopic (exact) mass is 817 g/mol. The van der Waals surface area contributed by atoms with Crippen molar-refractivity contribution in [2.75, 3.05) is 39.5 Å². The molecule has 0 radical (unpaired) electrons. The molecule has 0 aliphatic carbocycles. The highest BCUT2D eigenvalue weighted by Crippen LogP contribution is 2.34. The van der Waals surface area contributed by atoms with Crippen LogP contribution in [0.5, 0.6) is 0 Å². The number of carbonyl (C=O) groups is 1. The van der Waals surface area contributed by atoms with Crippen LogP contribution in [0.4, 0.5) is 0 Å². The number of ether oxygens (including phenoxy) is 8. The van der Waals surface area contributed by atoms with Gasteiger partial charge in [0.25, 0.3) is 0 Å². The van der Waals surface area contributed by atoms with Gasteiger partial charge in [0.05, 0.1) is 32.5 Å². The number of hydrogen-bond acceptors (Lipinski definition) is 22. The van der Waals surface area contributed by atoms with E-state index in [1.165, 1.54) is 0 Å². The van der Waals surface area contributed by atoms with E-state index in [4.69, 9.17) is 49.2 Å². The lowest BCUT2D eigenvalue weighted by atomic mass is 9.95. The minimum absolute atomic E-state index is 0.137. The zero-order valence-electron chi connectivity index (χ0n) is 30.4. The molecule has 0 spiro atoms. The first-order valence-electron chi connectivity index (χ1n) is 18.2. The van der Waals surface area contributed by atoms with Crippen molar-refractivity contribution in [2.45, 2.75) is 149 Å². The number of aliphatic hydroxyl groups excluding tert-OH is 11. The number of unbranched alkanes of at least 4 members (excludes halogenated alkanes) is 2. The first-order chi connectivity index (χ1) is 26.7. The largest absolute Gasteiger partial charge is 0.394 e. The van der Waals surface area contributed by atoms with E-state index < -0.39 is 155 Å². The predicted octanol–water partition coefficient (Wildman–Crippen LogP) is -7.13. The van der Waals surface area contributed by atoms with E-state index >= 15 is 0 Å². The second-order valence-corrected chi connectivity index (χ2v) is 13.8. The summed E-state index contributed by atoms with van der Waals surface area (Å²) in [5.74, 6) is -0.693. The highest BCUT2D eigenvalue weighted by Gasteiger charge is 2.55. The average Bonchev–Trinajstić information content (AvgIpc) is 3.18. The van der Waals surface area contributed by atoms with Gasteiger partial charge in [-0.2, -0.15) is 0 Å². The van der Waals surface area contributed by atoms with Crippen molar-refractivity contribution in [2.24, 2.45) is 10.8 Å². The second-order valence-electron chi connectivity index (χ2n) is 13.8. The van der Waals surface area contributed by atoms with Gasteiger partial charge in [0.15, 0.2) is 25.2 Å². The number of azide groups is 1. The Labute approximate surface area is 319 Å². The topological polar surface area (TPSA) is 400 Å². The number of amides is 1. The Balaban J connectivity index is 1.48. The Morgan fingerprint density at radius 2 is 1.16 bits per heavy atom. The third kappa shape index (κ3) is 11.0. The molecule has 0 aromatic heterocycles. The van der Waals surface area contributed by atoms with E-state index in [1.807, 2.05) is 0 Å². The number of hydrogen-bond donors (Lipinski definition) is 13. The maximum atomic E-state index is 11.9. The molecule has 324 valence electrons. The smallest absolute Gasteiger partial charge is 0.217 e. The van der Waals surface area contributed by atoms with E-state index in [1.54, 1.807) is 0 Å². The fraction of sp³-hybridized carbons (Fsp3) is 0.968. The maximum Gasteiger partial charge on any atom is 0.217 e. The third-order valence-corrected chi connectivity index (χ3v) is 9.86. The molecule has 4 aliphatic heterocycles. The summed E-state index contributed by atoms with van der Waals surface area (Å²) in [4.78, 5) is 14.6. The van der Waals surface area contributed by atoms with E-state index in [-0.39, 0.29) is 6.61 Å². The number of nitrogens with two attached hydrogens (primary N) is 1. The molecular formula is C31H55N5O20. The van der Waals surface area contributed by atoms with Gasteiger partial charge in [-0.1, -0.05) is 5.11 Å². The molecule has 1 amide bonds. The van der Waals surface area contributed by atoms with Crippen molar-refractivity contribution in [1.82, 2.24) is 5.32 Å². The van der Waals surface area contributed by atoms with Crippen molar-refractivity contribution < 1.29 is 98.9 Å². The molecular weight excluding hydrogens is 762 g/mol. The number of nitrogens with zero attached hydrogens (tertiary/aromatic N) is 3. The number of nitrogens with one attached hydrogen (secondary N) is 1. The van der Waals surface area contributed by atoms with E-state index in [0.29, 0.717) is 13.0 Å². The van der Waals surface area contributed by atoms with Crippen molar-refractivity contribution in [1.29, 1.82) is 0 Å². The van der Waals surface area contributed by atoms with Gasteiger partial charge < -0.3 is 105 Å². The zero-order valence-corrected chi connectivity index (χ0v) is 30.4. The van der Waals surface area contributed by atoms with Gasteiger partial charge in [0, 0.05) is 18.4 Å². The van der Waals surface area contributed by atoms with Crippen LogP contribution in [-0.4, -0.2) is 224 Å². The van der Waals surface area contributed by atoms with Crippen LogP contribution in [0.2, 0.25) is 0 Å². The van der Waals surface area contributed by atoms with Gasteiger partial charge in [0.1, 0.15) is 91.5 Å². The van der Waals surface area contributed by atoms with Crippen molar-refractivity contribution >= 4 is 5.91 Å². The SMILES string of the molecule is CC(=O)NC1[C@H](O[C@@H]2C(O)[C@@H](O[C@H]3C(CO)O[C@@H](O[C@@H]4C(CN=[N+]=[N-])O[C@@H](OCCCCCN)C(O)[C@H]4O)C(O)[C@H]3O)OC(CO)[C@@H]2O)OC(CO)[C@H](O)[C@@H]1O. The van der Waals surface area contributed by atoms with Crippen LogP contribution < -0.4 is 11.1 Å². The predicted molar refractivity (Wildman–Crippen MR) is 179 cm³/mol. The highest BCUT2D eigenvalue weighted by molar-refractivity contribution is 5.73. The van der Waals surface area contributed by atoms with Crippen molar-refractivity contribution in [3.05, 3.63) is 10.4 Å². The van der Waals surface area contributed by atoms with Gasteiger partial charge >= 0.3 is 0 Å². The van der Waals surface area contributed by atoms with E-state index in [2.05, 4.69) is 15.3 Å². The Hall–Kier alpha value is -2.02. The lowest BCUT2D eigenvalue weighted by molar-refractivity contribution is -0.385.